The number of benzene rings is 2. The summed E-state index contributed by atoms with van der Waals surface area (Å²) in [5.74, 6) is -0.937. The second kappa shape index (κ2) is 15.5. The molecule has 0 radical (unpaired) electrons. The average molecular weight is 666 g/mol. The molecule has 0 saturated heterocycles. The number of aromatic nitrogens is 3. The molecule has 14 heteroatoms. The number of carbonyl (C=O) groups is 4. The number of nitrogens with one attached hydrogen (secondary N) is 2. The molecule has 2 aromatic heterocycles. The molecule has 4 aromatic rings. The third-order valence-corrected chi connectivity index (χ3v) is 8.85. The van der Waals surface area contributed by atoms with E-state index in [1.54, 1.807) is 52.1 Å². The lowest BCUT2D eigenvalue weighted by Crippen LogP contribution is -2.24. The Hall–Kier alpha value is -4.69. The predicted molar refractivity (Wildman–Crippen MR) is 175 cm³/mol. The van der Waals surface area contributed by atoms with Gasteiger partial charge in [0.2, 0.25) is 5.91 Å². The normalized spacial score (nSPS) is 10.7. The molecule has 2 N–H and O–H groups in total. The van der Waals surface area contributed by atoms with Crippen molar-refractivity contribution >= 4 is 51.9 Å². The van der Waals surface area contributed by atoms with Gasteiger partial charge in [-0.25, -0.2) is 9.59 Å². The standard InChI is InChI=1S/C32H35N5O7S2/c1-7-43-30(40)26-20(5)27(31(41)44-8-2)46-29(26)34-25(38)17-45-32-36-35-24(37(32)23-15-18(3)9-10-19(23)4)16-33-28(39)21-11-13-22(42-6)14-12-21/h9-15H,7-8,16-17H2,1-6H3,(H,33,39)(H,34,38). The highest BCUT2D eigenvalue weighted by molar-refractivity contribution is 7.99. The van der Waals surface area contributed by atoms with Gasteiger partial charge in [-0.15, -0.1) is 21.5 Å². The monoisotopic (exact) mass is 665 g/mol. The molecule has 2 aromatic carbocycles. The summed E-state index contributed by atoms with van der Waals surface area (Å²) >= 11 is 2.10. The molecule has 0 saturated carbocycles. The van der Waals surface area contributed by atoms with Crippen LogP contribution >= 0.6 is 23.1 Å². The fraction of sp³-hybridized carbons (Fsp3) is 0.312. The van der Waals surface area contributed by atoms with E-state index >= 15 is 0 Å². The molecule has 0 spiro atoms. The fourth-order valence-electron chi connectivity index (χ4n) is 4.45. The molecule has 46 heavy (non-hydrogen) atoms. The smallest absolute Gasteiger partial charge is 0.348 e. The minimum absolute atomic E-state index is 0.0754. The Bertz CT molecular complexity index is 1750. The van der Waals surface area contributed by atoms with Crippen LogP contribution in [0.1, 0.15) is 66.7 Å². The van der Waals surface area contributed by atoms with Gasteiger partial charge < -0.3 is 24.8 Å². The van der Waals surface area contributed by atoms with Gasteiger partial charge in [0.25, 0.3) is 5.91 Å². The van der Waals surface area contributed by atoms with Crippen LogP contribution in [-0.4, -0.2) is 64.6 Å². The number of amides is 2. The zero-order chi connectivity index (χ0) is 33.4. The van der Waals surface area contributed by atoms with Crippen LogP contribution in [0.15, 0.2) is 47.6 Å². The van der Waals surface area contributed by atoms with Gasteiger partial charge in [0, 0.05) is 5.56 Å². The summed E-state index contributed by atoms with van der Waals surface area (Å²) in [6.45, 7) is 9.25. The molecule has 12 nitrogen and oxygen atoms in total. The lowest BCUT2D eigenvalue weighted by Gasteiger charge is -2.14. The van der Waals surface area contributed by atoms with Gasteiger partial charge in [0.1, 0.15) is 15.6 Å². The van der Waals surface area contributed by atoms with Gasteiger partial charge >= 0.3 is 11.9 Å². The summed E-state index contributed by atoms with van der Waals surface area (Å²) in [7, 11) is 1.56. The van der Waals surface area contributed by atoms with Crippen LogP contribution in [0.5, 0.6) is 5.75 Å². The number of methoxy groups -OCH3 is 1. The van der Waals surface area contributed by atoms with Gasteiger partial charge in [-0.05, 0) is 81.6 Å². The maximum absolute atomic E-state index is 13.2. The fourth-order valence-corrected chi connectivity index (χ4v) is 6.32. The first-order valence-corrected chi connectivity index (χ1v) is 16.2. The van der Waals surface area contributed by atoms with Crippen LogP contribution in [0, 0.1) is 20.8 Å². The molecule has 2 amide bonds. The van der Waals surface area contributed by atoms with Crippen LogP contribution in [0.4, 0.5) is 5.00 Å². The quantitative estimate of drug-likeness (QED) is 0.143. The minimum atomic E-state index is -0.647. The number of thiophene rings is 1. The summed E-state index contributed by atoms with van der Waals surface area (Å²) in [4.78, 5) is 51.6. The van der Waals surface area contributed by atoms with Crippen molar-refractivity contribution in [2.75, 3.05) is 31.4 Å². The Labute approximate surface area is 274 Å². The van der Waals surface area contributed by atoms with Gasteiger partial charge in [-0.2, -0.15) is 0 Å². The maximum atomic E-state index is 13.2. The number of ether oxygens (including phenoxy) is 3. The van der Waals surface area contributed by atoms with Crippen LogP contribution in [0.2, 0.25) is 0 Å². The number of aryl methyl sites for hydroxylation is 2. The summed E-state index contributed by atoms with van der Waals surface area (Å²) in [6, 6.07) is 12.7. The second-order valence-electron chi connectivity index (χ2n) is 9.97. The summed E-state index contributed by atoms with van der Waals surface area (Å²) in [5, 5.41) is 15.0. The number of thioether (sulfide) groups is 1. The number of nitrogens with zero attached hydrogens (tertiary/aromatic N) is 3. The lowest BCUT2D eigenvalue weighted by molar-refractivity contribution is -0.113. The first kappa shape index (κ1) is 34.2. The Balaban J connectivity index is 1.56. The zero-order valence-electron chi connectivity index (χ0n) is 26.4. The highest BCUT2D eigenvalue weighted by Crippen LogP contribution is 2.35. The van der Waals surface area contributed by atoms with Crippen molar-refractivity contribution in [3.8, 4) is 11.4 Å². The molecule has 0 aliphatic rings. The molecule has 0 fully saturated rings. The molecule has 2 heterocycles. The van der Waals surface area contributed by atoms with Gasteiger partial charge in [0.05, 0.1) is 43.9 Å². The first-order chi connectivity index (χ1) is 22.1. The predicted octanol–water partition coefficient (Wildman–Crippen LogP) is 5.28. The number of rotatable bonds is 13. The number of carbonyl (C=O) groups excluding carboxylic acids is 4. The molecule has 0 aliphatic carbocycles. The molecule has 0 atom stereocenters. The van der Waals surface area contributed by atoms with E-state index in [9.17, 15) is 19.2 Å². The maximum Gasteiger partial charge on any atom is 0.348 e. The Morgan fingerprint density at radius 2 is 1.63 bits per heavy atom. The average Bonchev–Trinajstić information content (AvgIpc) is 3.60. The van der Waals surface area contributed by atoms with Crippen molar-refractivity contribution in [3.05, 3.63) is 81.0 Å². The van der Waals surface area contributed by atoms with Crippen molar-refractivity contribution in [1.29, 1.82) is 0 Å². The first-order valence-electron chi connectivity index (χ1n) is 14.4. The molecular formula is C32H35N5O7S2. The van der Waals surface area contributed by atoms with E-state index < -0.39 is 17.8 Å². The number of anilines is 1. The molecule has 0 aliphatic heterocycles. The van der Waals surface area contributed by atoms with E-state index in [0.29, 0.717) is 27.9 Å². The van der Waals surface area contributed by atoms with E-state index in [4.69, 9.17) is 14.2 Å². The number of esters is 2. The highest BCUT2D eigenvalue weighted by Gasteiger charge is 2.28. The van der Waals surface area contributed by atoms with Crippen molar-refractivity contribution in [2.45, 2.75) is 46.3 Å². The Morgan fingerprint density at radius 3 is 2.30 bits per heavy atom. The van der Waals surface area contributed by atoms with Crippen molar-refractivity contribution in [1.82, 2.24) is 20.1 Å². The van der Waals surface area contributed by atoms with E-state index in [0.717, 1.165) is 39.9 Å². The van der Waals surface area contributed by atoms with Gasteiger partial charge in [0.15, 0.2) is 11.0 Å². The Morgan fingerprint density at radius 1 is 0.935 bits per heavy atom. The summed E-state index contributed by atoms with van der Waals surface area (Å²) in [5.41, 5.74) is 3.70. The van der Waals surface area contributed by atoms with E-state index in [1.165, 1.54) is 0 Å². The van der Waals surface area contributed by atoms with Crippen molar-refractivity contribution in [2.24, 2.45) is 0 Å². The SMILES string of the molecule is CCOC(=O)c1sc(NC(=O)CSc2nnc(CNC(=O)c3ccc(OC)cc3)n2-c2cc(C)ccc2C)c(C(=O)OCC)c1C. The number of hydrogen-bond acceptors (Lipinski definition) is 11. The van der Waals surface area contributed by atoms with Gasteiger partial charge in [-0.3, -0.25) is 14.2 Å². The van der Waals surface area contributed by atoms with Crippen LogP contribution < -0.4 is 15.4 Å². The molecule has 0 unspecified atom stereocenters. The summed E-state index contributed by atoms with van der Waals surface area (Å²) < 4.78 is 17.3. The largest absolute Gasteiger partial charge is 0.497 e. The molecular weight excluding hydrogens is 631 g/mol. The van der Waals surface area contributed by atoms with Crippen LogP contribution in [-0.2, 0) is 20.8 Å². The van der Waals surface area contributed by atoms with E-state index in [-0.39, 0.29) is 46.9 Å². The van der Waals surface area contributed by atoms with E-state index in [2.05, 4.69) is 20.8 Å². The Kier molecular flexibility index (Phi) is 11.6. The van der Waals surface area contributed by atoms with Crippen LogP contribution in [0.3, 0.4) is 0 Å². The zero-order valence-corrected chi connectivity index (χ0v) is 28.0. The minimum Gasteiger partial charge on any atom is -0.497 e. The summed E-state index contributed by atoms with van der Waals surface area (Å²) in [6.07, 6.45) is 0. The van der Waals surface area contributed by atoms with Crippen molar-refractivity contribution in [3.63, 3.8) is 0 Å². The van der Waals surface area contributed by atoms with Crippen LogP contribution in [0.25, 0.3) is 5.69 Å². The third kappa shape index (κ3) is 7.93. The highest BCUT2D eigenvalue weighted by atomic mass is 32.2. The molecule has 0 bridgehead atoms. The third-order valence-electron chi connectivity index (χ3n) is 6.74. The number of hydrogen-bond donors (Lipinski definition) is 2. The molecule has 242 valence electrons. The topological polar surface area (TPSA) is 151 Å². The van der Waals surface area contributed by atoms with E-state index in [1.807, 2.05) is 36.6 Å². The second-order valence-corrected chi connectivity index (χ2v) is 11.9. The van der Waals surface area contributed by atoms with Crippen molar-refractivity contribution < 1.29 is 33.4 Å². The van der Waals surface area contributed by atoms with Gasteiger partial charge in [-0.1, -0.05) is 23.9 Å². The lowest BCUT2D eigenvalue weighted by atomic mass is 10.1. The molecule has 4 rings (SSSR count).